The third kappa shape index (κ3) is 2.27. The van der Waals surface area contributed by atoms with E-state index < -0.39 is 10.7 Å². The molecule has 1 aromatic carbocycles. The van der Waals surface area contributed by atoms with Crippen LogP contribution in [-0.2, 0) is 0 Å². The van der Waals surface area contributed by atoms with Crippen molar-refractivity contribution in [1.82, 2.24) is 4.98 Å². The van der Waals surface area contributed by atoms with Gasteiger partial charge in [0.15, 0.2) is 0 Å². The summed E-state index contributed by atoms with van der Waals surface area (Å²) in [5.41, 5.74) is 0.176. The maximum atomic E-state index is 13.7. The highest BCUT2D eigenvalue weighted by atomic mass is 19.1. The van der Waals surface area contributed by atoms with Gasteiger partial charge in [-0.2, -0.15) is 0 Å². The maximum Gasteiger partial charge on any atom is 0.270 e. The van der Waals surface area contributed by atoms with Crippen molar-refractivity contribution >= 4 is 5.69 Å². The molecule has 0 unspecified atom stereocenters. The fourth-order valence-corrected chi connectivity index (χ4v) is 1.51. The second-order valence-corrected chi connectivity index (χ2v) is 3.50. The number of aromatic nitrogens is 1. The van der Waals surface area contributed by atoms with Crippen molar-refractivity contribution in [2.75, 3.05) is 7.11 Å². The minimum atomic E-state index is -0.580. The molecule has 18 heavy (non-hydrogen) atoms. The van der Waals surface area contributed by atoms with Gasteiger partial charge in [0.05, 0.1) is 17.7 Å². The summed E-state index contributed by atoms with van der Waals surface area (Å²) < 4.78 is 18.6. The van der Waals surface area contributed by atoms with Gasteiger partial charge in [0, 0.05) is 30.0 Å². The highest BCUT2D eigenvalue weighted by Gasteiger charge is 2.13. The standard InChI is InChI=1S/C12H9FN2O3/c1-18-9-4-5-14-12(7-9)10-6-8(15(16)17)2-3-11(10)13/h2-7H,1H3. The quantitative estimate of drug-likeness (QED) is 0.618. The first-order valence-corrected chi connectivity index (χ1v) is 5.06. The molecule has 1 aromatic heterocycles. The third-order valence-electron chi connectivity index (χ3n) is 2.40. The average Bonchev–Trinajstić information content (AvgIpc) is 2.39. The van der Waals surface area contributed by atoms with E-state index in [9.17, 15) is 14.5 Å². The Morgan fingerprint density at radius 1 is 1.33 bits per heavy atom. The molecule has 0 saturated carbocycles. The van der Waals surface area contributed by atoms with Crippen LogP contribution in [0.3, 0.4) is 0 Å². The molecule has 0 fully saturated rings. The number of nitrogens with zero attached hydrogens (tertiary/aromatic N) is 2. The van der Waals surface area contributed by atoms with Gasteiger partial charge < -0.3 is 4.74 Å². The van der Waals surface area contributed by atoms with Crippen molar-refractivity contribution in [2.45, 2.75) is 0 Å². The lowest BCUT2D eigenvalue weighted by molar-refractivity contribution is -0.384. The Hall–Kier alpha value is -2.50. The molecule has 92 valence electrons. The van der Waals surface area contributed by atoms with E-state index in [1.54, 1.807) is 6.07 Å². The van der Waals surface area contributed by atoms with Crippen molar-refractivity contribution in [2.24, 2.45) is 0 Å². The molecule has 0 aliphatic heterocycles. The fraction of sp³-hybridized carbons (Fsp3) is 0.0833. The highest BCUT2D eigenvalue weighted by Crippen LogP contribution is 2.27. The SMILES string of the molecule is COc1ccnc(-c2cc([N+](=O)[O-])ccc2F)c1. The Morgan fingerprint density at radius 3 is 2.78 bits per heavy atom. The van der Waals surface area contributed by atoms with Crippen LogP contribution < -0.4 is 4.74 Å². The van der Waals surface area contributed by atoms with E-state index in [0.717, 1.165) is 18.2 Å². The normalized spacial score (nSPS) is 10.1. The molecular weight excluding hydrogens is 239 g/mol. The van der Waals surface area contributed by atoms with Crippen molar-refractivity contribution in [1.29, 1.82) is 0 Å². The molecule has 0 spiro atoms. The zero-order valence-corrected chi connectivity index (χ0v) is 9.46. The lowest BCUT2D eigenvalue weighted by atomic mass is 10.1. The molecule has 6 heteroatoms. The summed E-state index contributed by atoms with van der Waals surface area (Å²) in [6, 6.07) is 6.44. The summed E-state index contributed by atoms with van der Waals surface area (Å²) in [4.78, 5) is 14.1. The predicted octanol–water partition coefficient (Wildman–Crippen LogP) is 2.80. The Kier molecular flexibility index (Phi) is 3.18. The number of non-ortho nitro benzene ring substituents is 1. The third-order valence-corrected chi connectivity index (χ3v) is 2.40. The Morgan fingerprint density at radius 2 is 2.11 bits per heavy atom. The van der Waals surface area contributed by atoms with Crippen LogP contribution in [0.5, 0.6) is 5.75 Å². The van der Waals surface area contributed by atoms with Crippen LogP contribution in [0.1, 0.15) is 0 Å². The molecule has 0 aliphatic carbocycles. The van der Waals surface area contributed by atoms with Crippen LogP contribution in [-0.4, -0.2) is 17.0 Å². The Labute approximate surface area is 102 Å². The number of nitro groups is 1. The molecule has 0 atom stereocenters. The smallest absolute Gasteiger partial charge is 0.270 e. The number of halogens is 1. The summed E-state index contributed by atoms with van der Waals surface area (Å²) in [5.74, 6) is -0.0627. The predicted molar refractivity (Wildman–Crippen MR) is 62.8 cm³/mol. The second-order valence-electron chi connectivity index (χ2n) is 3.50. The molecular formula is C12H9FN2O3. The molecule has 2 aromatic rings. The minimum Gasteiger partial charge on any atom is -0.497 e. The monoisotopic (exact) mass is 248 g/mol. The van der Waals surface area contributed by atoms with Crippen LogP contribution in [0, 0.1) is 15.9 Å². The van der Waals surface area contributed by atoms with E-state index in [2.05, 4.69) is 4.98 Å². The molecule has 0 amide bonds. The zero-order chi connectivity index (χ0) is 13.1. The van der Waals surface area contributed by atoms with Crippen LogP contribution in [0.4, 0.5) is 10.1 Å². The summed E-state index contributed by atoms with van der Waals surface area (Å²) in [6.07, 6.45) is 1.45. The van der Waals surface area contributed by atoms with Crippen LogP contribution in [0.15, 0.2) is 36.5 Å². The van der Waals surface area contributed by atoms with Crippen molar-refractivity contribution < 1.29 is 14.1 Å². The fourth-order valence-electron chi connectivity index (χ4n) is 1.51. The molecule has 0 radical (unpaired) electrons. The minimum absolute atomic E-state index is 0.0723. The van der Waals surface area contributed by atoms with Gasteiger partial charge in [-0.25, -0.2) is 4.39 Å². The largest absolute Gasteiger partial charge is 0.497 e. The number of hydrogen-bond acceptors (Lipinski definition) is 4. The number of benzene rings is 1. The number of hydrogen-bond donors (Lipinski definition) is 0. The maximum absolute atomic E-state index is 13.7. The molecule has 2 rings (SSSR count). The number of ether oxygens (including phenoxy) is 1. The molecule has 5 nitrogen and oxygen atoms in total. The van der Waals surface area contributed by atoms with Crippen LogP contribution >= 0.6 is 0 Å². The lowest BCUT2D eigenvalue weighted by Gasteiger charge is -2.04. The van der Waals surface area contributed by atoms with Gasteiger partial charge in [-0.05, 0) is 12.1 Å². The number of methoxy groups -OCH3 is 1. The number of pyridine rings is 1. The molecule has 0 bridgehead atoms. The van der Waals surface area contributed by atoms with E-state index >= 15 is 0 Å². The van der Waals surface area contributed by atoms with Crippen molar-refractivity contribution in [3.8, 4) is 17.0 Å². The first-order valence-electron chi connectivity index (χ1n) is 5.06. The van der Waals surface area contributed by atoms with Gasteiger partial charge >= 0.3 is 0 Å². The zero-order valence-electron chi connectivity index (χ0n) is 9.46. The van der Waals surface area contributed by atoms with Crippen molar-refractivity contribution in [3.63, 3.8) is 0 Å². The van der Waals surface area contributed by atoms with Gasteiger partial charge in [-0.1, -0.05) is 0 Å². The second kappa shape index (κ2) is 4.79. The molecule has 0 N–H and O–H groups in total. The Bertz CT molecular complexity index is 602. The number of rotatable bonds is 3. The first kappa shape index (κ1) is 12.0. The van der Waals surface area contributed by atoms with Crippen LogP contribution in [0.25, 0.3) is 11.3 Å². The molecule has 0 saturated heterocycles. The summed E-state index contributed by atoms with van der Waals surface area (Å²) in [5, 5.41) is 10.7. The van der Waals surface area contributed by atoms with Crippen molar-refractivity contribution in [3.05, 3.63) is 52.5 Å². The van der Waals surface area contributed by atoms with E-state index in [1.165, 1.54) is 19.4 Å². The average molecular weight is 248 g/mol. The van der Waals surface area contributed by atoms with Gasteiger partial charge in [0.2, 0.25) is 0 Å². The van der Waals surface area contributed by atoms with Gasteiger partial charge in [0.25, 0.3) is 5.69 Å². The summed E-state index contributed by atoms with van der Waals surface area (Å²) in [7, 11) is 1.48. The molecule has 0 aliphatic rings. The van der Waals surface area contributed by atoms with E-state index in [-0.39, 0.29) is 16.9 Å². The van der Waals surface area contributed by atoms with E-state index in [4.69, 9.17) is 4.74 Å². The Balaban J connectivity index is 2.54. The van der Waals surface area contributed by atoms with Gasteiger partial charge in [0.1, 0.15) is 11.6 Å². The van der Waals surface area contributed by atoms with E-state index in [0.29, 0.717) is 5.75 Å². The first-order chi connectivity index (χ1) is 8.61. The van der Waals surface area contributed by atoms with Gasteiger partial charge in [-0.3, -0.25) is 15.1 Å². The topological polar surface area (TPSA) is 65.3 Å². The highest BCUT2D eigenvalue weighted by molar-refractivity contribution is 5.64. The van der Waals surface area contributed by atoms with E-state index in [1.807, 2.05) is 0 Å². The van der Waals surface area contributed by atoms with Gasteiger partial charge in [-0.15, -0.1) is 0 Å². The van der Waals surface area contributed by atoms with Crippen LogP contribution in [0.2, 0.25) is 0 Å². The molecule has 1 heterocycles. The summed E-state index contributed by atoms with van der Waals surface area (Å²) in [6.45, 7) is 0. The summed E-state index contributed by atoms with van der Waals surface area (Å²) >= 11 is 0. The number of nitro benzene ring substituents is 1. The lowest BCUT2D eigenvalue weighted by Crippen LogP contribution is -1.93.